The second-order valence-electron chi connectivity index (χ2n) is 4.64. The Morgan fingerprint density at radius 3 is 2.14 bits per heavy atom. The molecule has 0 N–H and O–H groups in total. The van der Waals surface area contributed by atoms with E-state index >= 15 is 0 Å². The number of methoxy groups -OCH3 is 2. The van der Waals surface area contributed by atoms with Crippen LogP contribution in [0.25, 0.3) is 22.6 Å². The summed E-state index contributed by atoms with van der Waals surface area (Å²) >= 11 is 2.25. The molecule has 0 saturated carbocycles. The lowest BCUT2D eigenvalue weighted by atomic mass is 10.1. The smallest absolute Gasteiger partial charge is 0.180 e. The number of aromatic nitrogens is 1. The van der Waals surface area contributed by atoms with Crippen molar-refractivity contribution in [3.8, 4) is 34.1 Å². The first kappa shape index (κ1) is 14.9. The van der Waals surface area contributed by atoms with Crippen molar-refractivity contribution < 1.29 is 14.0 Å². The van der Waals surface area contributed by atoms with Gasteiger partial charge in [0.25, 0.3) is 0 Å². The Kier molecular flexibility index (Phi) is 4.33. The van der Waals surface area contributed by atoms with Gasteiger partial charge in [0, 0.05) is 11.1 Å². The molecule has 4 nitrogen and oxygen atoms in total. The van der Waals surface area contributed by atoms with Crippen LogP contribution < -0.4 is 9.47 Å². The van der Waals surface area contributed by atoms with Gasteiger partial charge in [0.2, 0.25) is 0 Å². The molecule has 22 heavy (non-hydrogen) atoms. The van der Waals surface area contributed by atoms with E-state index in [1.807, 2.05) is 48.5 Å². The SMILES string of the molecule is COc1cccc(-c2noc(-c3cccc(OC)c3)c2I)c1. The first-order chi connectivity index (χ1) is 10.7. The molecular weight excluding hydrogens is 393 g/mol. The van der Waals surface area contributed by atoms with E-state index in [9.17, 15) is 0 Å². The molecule has 3 rings (SSSR count). The number of nitrogens with zero attached hydrogens (tertiary/aromatic N) is 1. The summed E-state index contributed by atoms with van der Waals surface area (Å²) < 4.78 is 17.0. The van der Waals surface area contributed by atoms with Gasteiger partial charge in [-0.1, -0.05) is 29.4 Å². The topological polar surface area (TPSA) is 44.5 Å². The van der Waals surface area contributed by atoms with Crippen molar-refractivity contribution in [2.24, 2.45) is 0 Å². The van der Waals surface area contributed by atoms with E-state index in [0.29, 0.717) is 0 Å². The third kappa shape index (κ3) is 2.81. The zero-order chi connectivity index (χ0) is 15.5. The monoisotopic (exact) mass is 407 g/mol. The van der Waals surface area contributed by atoms with Gasteiger partial charge in [0.15, 0.2) is 5.76 Å². The molecule has 0 amide bonds. The largest absolute Gasteiger partial charge is 0.497 e. The molecule has 0 aliphatic rings. The first-order valence-electron chi connectivity index (χ1n) is 6.67. The number of benzene rings is 2. The highest BCUT2D eigenvalue weighted by molar-refractivity contribution is 14.1. The molecule has 0 saturated heterocycles. The quantitative estimate of drug-likeness (QED) is 0.592. The van der Waals surface area contributed by atoms with Crippen LogP contribution in [0.4, 0.5) is 0 Å². The molecule has 0 aliphatic carbocycles. The number of rotatable bonds is 4. The second-order valence-corrected chi connectivity index (χ2v) is 5.72. The highest BCUT2D eigenvalue weighted by atomic mass is 127. The van der Waals surface area contributed by atoms with Crippen molar-refractivity contribution in [3.05, 3.63) is 52.1 Å². The number of ether oxygens (including phenoxy) is 2. The molecule has 0 unspecified atom stereocenters. The van der Waals surface area contributed by atoms with E-state index in [0.717, 1.165) is 37.7 Å². The molecule has 0 radical (unpaired) electrons. The van der Waals surface area contributed by atoms with Gasteiger partial charge >= 0.3 is 0 Å². The summed E-state index contributed by atoms with van der Waals surface area (Å²) in [5.41, 5.74) is 2.70. The van der Waals surface area contributed by atoms with Gasteiger partial charge < -0.3 is 14.0 Å². The van der Waals surface area contributed by atoms with E-state index in [-0.39, 0.29) is 0 Å². The predicted molar refractivity (Wildman–Crippen MR) is 93.2 cm³/mol. The van der Waals surface area contributed by atoms with E-state index < -0.39 is 0 Å². The molecule has 5 heteroatoms. The number of hydrogen-bond acceptors (Lipinski definition) is 4. The van der Waals surface area contributed by atoms with E-state index in [2.05, 4.69) is 27.7 Å². The van der Waals surface area contributed by atoms with Crippen molar-refractivity contribution >= 4 is 22.6 Å². The summed E-state index contributed by atoms with van der Waals surface area (Å²) in [6.07, 6.45) is 0. The first-order valence-corrected chi connectivity index (χ1v) is 7.75. The van der Waals surface area contributed by atoms with Gasteiger partial charge in [0.05, 0.1) is 17.8 Å². The Labute approximate surface area is 142 Å². The molecule has 0 fully saturated rings. The van der Waals surface area contributed by atoms with Crippen molar-refractivity contribution in [1.29, 1.82) is 0 Å². The van der Waals surface area contributed by atoms with Crippen LogP contribution >= 0.6 is 22.6 Å². The molecule has 1 aromatic heterocycles. The Morgan fingerprint density at radius 1 is 0.909 bits per heavy atom. The van der Waals surface area contributed by atoms with Gasteiger partial charge in [-0.15, -0.1) is 0 Å². The summed E-state index contributed by atoms with van der Waals surface area (Å²) in [6.45, 7) is 0. The van der Waals surface area contributed by atoms with Gasteiger partial charge in [-0.25, -0.2) is 0 Å². The normalized spacial score (nSPS) is 10.5. The zero-order valence-electron chi connectivity index (χ0n) is 12.2. The second kappa shape index (κ2) is 6.39. The molecule has 0 atom stereocenters. The van der Waals surface area contributed by atoms with Crippen LogP contribution in [-0.4, -0.2) is 19.4 Å². The average Bonchev–Trinajstić information content (AvgIpc) is 2.96. The molecular formula is C17H14INO3. The molecule has 112 valence electrons. The maximum absolute atomic E-state index is 5.56. The molecule has 1 heterocycles. The molecule has 0 aliphatic heterocycles. The van der Waals surface area contributed by atoms with Gasteiger partial charge in [-0.2, -0.15) is 0 Å². The minimum atomic E-state index is 0.734. The average molecular weight is 407 g/mol. The fraction of sp³-hybridized carbons (Fsp3) is 0.118. The van der Waals surface area contributed by atoms with Crippen molar-refractivity contribution in [3.63, 3.8) is 0 Å². The Bertz CT molecular complexity index is 733. The predicted octanol–water partition coefficient (Wildman–Crippen LogP) is 4.63. The number of halogens is 1. The van der Waals surface area contributed by atoms with E-state index in [1.165, 1.54) is 0 Å². The lowest BCUT2D eigenvalue weighted by Crippen LogP contribution is -1.86. The van der Waals surface area contributed by atoms with Crippen LogP contribution in [-0.2, 0) is 0 Å². The van der Waals surface area contributed by atoms with Crippen LogP contribution in [0.15, 0.2) is 53.1 Å². The summed E-state index contributed by atoms with van der Waals surface area (Å²) in [6, 6.07) is 15.5. The summed E-state index contributed by atoms with van der Waals surface area (Å²) in [4.78, 5) is 0. The van der Waals surface area contributed by atoms with Crippen LogP contribution in [0, 0.1) is 3.57 Å². The fourth-order valence-electron chi connectivity index (χ4n) is 2.17. The lowest BCUT2D eigenvalue weighted by molar-refractivity contribution is 0.413. The van der Waals surface area contributed by atoms with Crippen molar-refractivity contribution in [2.45, 2.75) is 0 Å². The number of hydrogen-bond donors (Lipinski definition) is 0. The Balaban J connectivity index is 2.04. The third-order valence-corrected chi connectivity index (χ3v) is 4.31. The highest BCUT2D eigenvalue weighted by Gasteiger charge is 2.17. The lowest BCUT2D eigenvalue weighted by Gasteiger charge is -2.03. The van der Waals surface area contributed by atoms with Crippen LogP contribution in [0.5, 0.6) is 11.5 Å². The molecule has 3 aromatic rings. The fourth-order valence-corrected chi connectivity index (χ4v) is 2.99. The van der Waals surface area contributed by atoms with E-state index in [4.69, 9.17) is 14.0 Å². The van der Waals surface area contributed by atoms with Gasteiger partial charge in [0.1, 0.15) is 17.2 Å². The molecule has 2 aromatic carbocycles. The van der Waals surface area contributed by atoms with Crippen LogP contribution in [0.1, 0.15) is 0 Å². The summed E-state index contributed by atoms with van der Waals surface area (Å²) in [5.74, 6) is 2.31. The Hall–Kier alpha value is -2.02. The Morgan fingerprint density at radius 2 is 1.50 bits per heavy atom. The minimum Gasteiger partial charge on any atom is -0.497 e. The standard InChI is InChI=1S/C17H14INO3/c1-20-13-7-3-5-11(9-13)16-15(18)17(22-19-16)12-6-4-8-14(10-12)21-2/h3-10H,1-2H3. The highest BCUT2D eigenvalue weighted by Crippen LogP contribution is 2.35. The summed E-state index contributed by atoms with van der Waals surface area (Å²) in [7, 11) is 3.29. The summed E-state index contributed by atoms with van der Waals surface area (Å²) in [5, 5.41) is 4.21. The molecule has 0 bridgehead atoms. The van der Waals surface area contributed by atoms with E-state index in [1.54, 1.807) is 14.2 Å². The maximum Gasteiger partial charge on any atom is 0.180 e. The van der Waals surface area contributed by atoms with Crippen molar-refractivity contribution in [1.82, 2.24) is 5.16 Å². The van der Waals surface area contributed by atoms with Crippen LogP contribution in [0.3, 0.4) is 0 Å². The van der Waals surface area contributed by atoms with Gasteiger partial charge in [-0.3, -0.25) is 0 Å². The van der Waals surface area contributed by atoms with Gasteiger partial charge in [-0.05, 0) is 46.9 Å². The van der Waals surface area contributed by atoms with Crippen LogP contribution in [0.2, 0.25) is 0 Å². The van der Waals surface area contributed by atoms with Crippen molar-refractivity contribution in [2.75, 3.05) is 14.2 Å². The molecule has 0 spiro atoms. The minimum absolute atomic E-state index is 0.734. The maximum atomic E-state index is 5.56. The third-order valence-electron chi connectivity index (χ3n) is 3.31. The zero-order valence-corrected chi connectivity index (χ0v) is 14.3.